The van der Waals surface area contributed by atoms with Gasteiger partial charge < -0.3 is 0 Å². The van der Waals surface area contributed by atoms with Crippen molar-refractivity contribution >= 4 is 21.4 Å². The zero-order valence-corrected chi connectivity index (χ0v) is 12.1. The van der Waals surface area contributed by atoms with E-state index < -0.39 is 15.8 Å². The lowest BCUT2D eigenvalue weighted by molar-refractivity contribution is 0.593. The molecule has 0 radical (unpaired) electrons. The van der Waals surface area contributed by atoms with Gasteiger partial charge in [-0.2, -0.15) is 5.26 Å². The molecule has 0 bridgehead atoms. The second-order valence-corrected chi connectivity index (χ2v) is 6.80. The smallest absolute Gasteiger partial charge is 0.180 e. The first-order valence-electron chi connectivity index (χ1n) is 5.96. The Morgan fingerprint density at radius 3 is 2.40 bits per heavy atom. The van der Waals surface area contributed by atoms with E-state index in [1.807, 2.05) is 12.1 Å². The summed E-state index contributed by atoms with van der Waals surface area (Å²) in [6.07, 6.45) is 0. The Labute approximate surface area is 123 Å². The third kappa shape index (κ3) is 3.38. The monoisotopic (exact) mass is 305 g/mol. The topological polar surface area (TPSA) is 57.9 Å². The zero-order chi connectivity index (χ0) is 14.6. The second kappa shape index (κ2) is 6.08. The Bertz CT molecular complexity index is 736. The van der Waals surface area contributed by atoms with Crippen molar-refractivity contribution in [1.82, 2.24) is 0 Å². The molecule has 5 heteroatoms. The van der Waals surface area contributed by atoms with Gasteiger partial charge in [-0.3, -0.25) is 0 Å². The van der Waals surface area contributed by atoms with Gasteiger partial charge in [0.25, 0.3) is 0 Å². The van der Waals surface area contributed by atoms with E-state index in [4.69, 9.17) is 11.6 Å². The van der Waals surface area contributed by atoms with Crippen LogP contribution in [0, 0.1) is 11.3 Å². The third-order valence-corrected chi connectivity index (χ3v) is 4.88. The van der Waals surface area contributed by atoms with Crippen LogP contribution < -0.4 is 0 Å². The molecule has 0 aliphatic carbocycles. The number of benzene rings is 2. The molecule has 2 aromatic carbocycles. The number of halogens is 1. The zero-order valence-electron chi connectivity index (χ0n) is 10.5. The Kier molecular flexibility index (Phi) is 4.43. The van der Waals surface area contributed by atoms with Crippen LogP contribution in [0.1, 0.15) is 11.5 Å². The van der Waals surface area contributed by atoms with Gasteiger partial charge in [-0.25, -0.2) is 8.42 Å². The first kappa shape index (κ1) is 14.6. The molecule has 0 amide bonds. The Morgan fingerprint density at radius 2 is 1.80 bits per heavy atom. The summed E-state index contributed by atoms with van der Waals surface area (Å²) in [6.45, 7) is 0. The number of hydrogen-bond acceptors (Lipinski definition) is 3. The van der Waals surface area contributed by atoms with Crippen molar-refractivity contribution in [3.63, 3.8) is 0 Å². The van der Waals surface area contributed by atoms with Gasteiger partial charge >= 0.3 is 0 Å². The van der Waals surface area contributed by atoms with Crippen molar-refractivity contribution in [2.24, 2.45) is 0 Å². The molecule has 1 atom stereocenters. The molecule has 0 aliphatic heterocycles. The van der Waals surface area contributed by atoms with Gasteiger partial charge in [0.05, 0.1) is 22.6 Å². The fourth-order valence-electron chi connectivity index (χ4n) is 1.87. The quantitative estimate of drug-likeness (QED) is 0.869. The van der Waals surface area contributed by atoms with Crippen LogP contribution in [0.2, 0.25) is 5.02 Å². The van der Waals surface area contributed by atoms with Gasteiger partial charge in [0, 0.05) is 5.02 Å². The van der Waals surface area contributed by atoms with Crippen LogP contribution in [-0.2, 0) is 9.84 Å². The van der Waals surface area contributed by atoms with Crippen molar-refractivity contribution < 1.29 is 8.42 Å². The van der Waals surface area contributed by atoms with E-state index in [0.29, 0.717) is 10.6 Å². The molecular formula is C15H12ClNO2S. The van der Waals surface area contributed by atoms with Crippen LogP contribution in [0.25, 0.3) is 0 Å². The van der Waals surface area contributed by atoms with E-state index in [2.05, 4.69) is 0 Å². The summed E-state index contributed by atoms with van der Waals surface area (Å²) >= 11 is 5.81. The predicted molar refractivity (Wildman–Crippen MR) is 78.3 cm³/mol. The summed E-state index contributed by atoms with van der Waals surface area (Å²) < 4.78 is 24.6. The Morgan fingerprint density at radius 1 is 1.10 bits per heavy atom. The van der Waals surface area contributed by atoms with Crippen molar-refractivity contribution in [2.45, 2.75) is 10.8 Å². The maximum Gasteiger partial charge on any atom is 0.180 e. The lowest BCUT2D eigenvalue weighted by Gasteiger charge is -2.10. The minimum Gasteiger partial charge on any atom is -0.224 e. The number of sulfone groups is 1. The Hall–Kier alpha value is -1.83. The summed E-state index contributed by atoms with van der Waals surface area (Å²) in [5, 5.41) is 9.56. The average molecular weight is 306 g/mol. The number of nitrogens with zero attached hydrogens (tertiary/aromatic N) is 1. The van der Waals surface area contributed by atoms with Crippen LogP contribution in [0.4, 0.5) is 0 Å². The summed E-state index contributed by atoms with van der Waals surface area (Å²) in [4.78, 5) is 0.140. The van der Waals surface area contributed by atoms with Gasteiger partial charge in [0.1, 0.15) is 0 Å². The SMILES string of the molecule is N#CC(CS(=O)(=O)c1cccc(Cl)c1)c1ccccc1. The minimum absolute atomic E-state index is 0.140. The van der Waals surface area contributed by atoms with Crippen LogP contribution in [0.3, 0.4) is 0 Å². The van der Waals surface area contributed by atoms with Crippen LogP contribution in [-0.4, -0.2) is 14.2 Å². The van der Waals surface area contributed by atoms with Gasteiger partial charge in [-0.1, -0.05) is 48.0 Å². The van der Waals surface area contributed by atoms with E-state index in [9.17, 15) is 13.7 Å². The molecule has 0 aliphatic rings. The molecule has 0 saturated heterocycles. The van der Waals surface area contributed by atoms with E-state index in [-0.39, 0.29) is 10.6 Å². The van der Waals surface area contributed by atoms with E-state index in [1.54, 1.807) is 36.4 Å². The average Bonchev–Trinajstić information content (AvgIpc) is 2.46. The van der Waals surface area contributed by atoms with Crippen molar-refractivity contribution in [3.05, 3.63) is 65.2 Å². The fraction of sp³-hybridized carbons (Fsp3) is 0.133. The van der Waals surface area contributed by atoms with E-state index >= 15 is 0 Å². The summed E-state index contributed by atoms with van der Waals surface area (Å²) in [7, 11) is -3.55. The van der Waals surface area contributed by atoms with Crippen LogP contribution in [0.5, 0.6) is 0 Å². The van der Waals surface area contributed by atoms with Gasteiger partial charge in [-0.15, -0.1) is 0 Å². The summed E-state index contributed by atoms with van der Waals surface area (Å²) in [5.74, 6) is -0.950. The highest BCUT2D eigenvalue weighted by Gasteiger charge is 2.22. The highest BCUT2D eigenvalue weighted by Crippen LogP contribution is 2.23. The molecule has 1 unspecified atom stereocenters. The van der Waals surface area contributed by atoms with Gasteiger partial charge in [0.15, 0.2) is 9.84 Å². The largest absolute Gasteiger partial charge is 0.224 e. The second-order valence-electron chi connectivity index (χ2n) is 4.33. The first-order valence-corrected chi connectivity index (χ1v) is 7.99. The highest BCUT2D eigenvalue weighted by molar-refractivity contribution is 7.91. The maximum atomic E-state index is 12.3. The van der Waals surface area contributed by atoms with E-state index in [0.717, 1.165) is 0 Å². The number of hydrogen-bond donors (Lipinski definition) is 0. The molecule has 0 N–H and O–H groups in total. The third-order valence-electron chi connectivity index (χ3n) is 2.90. The van der Waals surface area contributed by atoms with Crippen molar-refractivity contribution in [3.8, 4) is 6.07 Å². The normalized spacial score (nSPS) is 12.6. The lowest BCUT2D eigenvalue weighted by atomic mass is 10.0. The van der Waals surface area contributed by atoms with Gasteiger partial charge in [-0.05, 0) is 23.8 Å². The molecule has 2 rings (SSSR count). The van der Waals surface area contributed by atoms with Crippen molar-refractivity contribution in [1.29, 1.82) is 5.26 Å². The minimum atomic E-state index is -3.55. The maximum absolute atomic E-state index is 12.3. The van der Waals surface area contributed by atoms with Crippen LogP contribution in [0.15, 0.2) is 59.5 Å². The predicted octanol–water partition coefficient (Wildman–Crippen LogP) is 3.42. The van der Waals surface area contributed by atoms with Crippen molar-refractivity contribution in [2.75, 3.05) is 5.75 Å². The molecule has 0 spiro atoms. The molecule has 3 nitrogen and oxygen atoms in total. The molecule has 2 aromatic rings. The lowest BCUT2D eigenvalue weighted by Crippen LogP contribution is -2.14. The molecule has 0 fully saturated rings. The molecule has 0 aromatic heterocycles. The first-order chi connectivity index (χ1) is 9.53. The van der Waals surface area contributed by atoms with Gasteiger partial charge in [0.2, 0.25) is 0 Å². The number of rotatable bonds is 4. The molecule has 102 valence electrons. The molecule has 20 heavy (non-hydrogen) atoms. The number of nitriles is 1. The summed E-state index contributed by atoms with van der Waals surface area (Å²) in [6, 6.07) is 17.0. The van der Waals surface area contributed by atoms with E-state index in [1.165, 1.54) is 12.1 Å². The molecule has 0 heterocycles. The molecule has 0 saturated carbocycles. The highest BCUT2D eigenvalue weighted by atomic mass is 35.5. The molecular weight excluding hydrogens is 294 g/mol. The Balaban J connectivity index is 2.30. The standard InChI is InChI=1S/C15H12ClNO2S/c16-14-7-4-8-15(9-14)20(18,19)11-13(10-17)12-5-2-1-3-6-12/h1-9,13H,11H2. The fourth-order valence-corrected chi connectivity index (χ4v) is 3.62. The van der Waals surface area contributed by atoms with Crippen LogP contribution >= 0.6 is 11.6 Å². The summed E-state index contributed by atoms with van der Waals surface area (Å²) in [5.41, 5.74) is 0.695.